The zero-order valence-electron chi connectivity index (χ0n) is 8.17. The van der Waals surface area contributed by atoms with Gasteiger partial charge in [-0.15, -0.1) is 11.6 Å². The van der Waals surface area contributed by atoms with E-state index in [2.05, 4.69) is 44.8 Å². The van der Waals surface area contributed by atoms with Gasteiger partial charge in [0.1, 0.15) is 0 Å². The summed E-state index contributed by atoms with van der Waals surface area (Å²) < 4.78 is 1.03. The molecule has 0 saturated heterocycles. The summed E-state index contributed by atoms with van der Waals surface area (Å²) in [6.45, 7) is 4.05. The van der Waals surface area contributed by atoms with Crippen molar-refractivity contribution in [1.82, 2.24) is 9.97 Å². The molecule has 1 N–H and O–H groups in total. The first-order valence-electron chi connectivity index (χ1n) is 4.51. The maximum Gasteiger partial charge on any atom is 0.222 e. The van der Waals surface area contributed by atoms with Gasteiger partial charge in [0.05, 0.1) is 5.38 Å². The Morgan fingerprint density at radius 3 is 2.50 bits per heavy atom. The highest BCUT2D eigenvalue weighted by atomic mass is 127. The van der Waals surface area contributed by atoms with Crippen molar-refractivity contribution in [2.75, 3.05) is 5.32 Å². The summed E-state index contributed by atoms with van der Waals surface area (Å²) >= 11 is 8.18. The third kappa shape index (κ3) is 3.57. The molecular weight excluding hydrogens is 312 g/mol. The van der Waals surface area contributed by atoms with Gasteiger partial charge >= 0.3 is 0 Å². The maximum absolute atomic E-state index is 6.01. The minimum absolute atomic E-state index is 0.0721. The highest BCUT2D eigenvalue weighted by Gasteiger charge is 2.13. The van der Waals surface area contributed by atoms with Gasteiger partial charge in [-0.25, -0.2) is 9.97 Å². The number of alkyl halides is 1. The quantitative estimate of drug-likeness (QED) is 0.683. The summed E-state index contributed by atoms with van der Waals surface area (Å²) in [6, 6.07) is 0.219. The molecule has 5 heteroatoms. The van der Waals surface area contributed by atoms with Gasteiger partial charge in [-0.05, 0) is 35.9 Å². The molecule has 0 bridgehead atoms. The molecule has 0 aliphatic rings. The van der Waals surface area contributed by atoms with Crippen molar-refractivity contribution >= 4 is 40.1 Å². The van der Waals surface area contributed by atoms with Gasteiger partial charge in [0.25, 0.3) is 0 Å². The van der Waals surface area contributed by atoms with Gasteiger partial charge in [0.15, 0.2) is 0 Å². The summed E-state index contributed by atoms with van der Waals surface area (Å²) in [4.78, 5) is 8.32. The topological polar surface area (TPSA) is 37.8 Å². The van der Waals surface area contributed by atoms with E-state index in [0.29, 0.717) is 5.95 Å². The molecule has 2 unspecified atom stereocenters. The van der Waals surface area contributed by atoms with Crippen LogP contribution >= 0.6 is 34.2 Å². The van der Waals surface area contributed by atoms with E-state index in [9.17, 15) is 0 Å². The number of hydrogen-bond acceptors (Lipinski definition) is 3. The first-order valence-corrected chi connectivity index (χ1v) is 6.03. The lowest BCUT2D eigenvalue weighted by Gasteiger charge is -2.18. The van der Waals surface area contributed by atoms with E-state index >= 15 is 0 Å². The van der Waals surface area contributed by atoms with Crippen molar-refractivity contribution in [1.29, 1.82) is 0 Å². The van der Waals surface area contributed by atoms with E-state index in [-0.39, 0.29) is 11.4 Å². The summed E-state index contributed by atoms with van der Waals surface area (Å²) in [5, 5.41) is 3.27. The van der Waals surface area contributed by atoms with Crippen LogP contribution in [0.1, 0.15) is 20.3 Å². The van der Waals surface area contributed by atoms with Crippen LogP contribution in [0.4, 0.5) is 5.95 Å². The Kier molecular flexibility index (Phi) is 4.88. The number of hydrogen-bond donors (Lipinski definition) is 1. The molecule has 1 aromatic rings. The van der Waals surface area contributed by atoms with E-state index in [4.69, 9.17) is 11.6 Å². The number of nitrogens with zero attached hydrogens (tertiary/aromatic N) is 2. The Balaban J connectivity index is 2.63. The molecule has 0 saturated carbocycles. The number of nitrogens with one attached hydrogen (secondary N) is 1. The predicted octanol–water partition coefficient (Wildman–Crippen LogP) is 2.90. The summed E-state index contributed by atoms with van der Waals surface area (Å²) in [5.74, 6) is 0.643. The smallest absolute Gasteiger partial charge is 0.222 e. The van der Waals surface area contributed by atoms with E-state index in [0.717, 1.165) is 9.99 Å². The fourth-order valence-corrected chi connectivity index (χ4v) is 1.61. The van der Waals surface area contributed by atoms with Gasteiger partial charge in [-0.3, -0.25) is 0 Å². The molecule has 0 spiro atoms. The normalized spacial score (nSPS) is 14.9. The molecule has 0 aromatic carbocycles. The Bertz CT molecular complexity index is 276. The second kappa shape index (κ2) is 5.70. The fourth-order valence-electron chi connectivity index (χ4n) is 1.09. The molecule has 0 fully saturated rings. The average molecular weight is 326 g/mol. The second-order valence-electron chi connectivity index (χ2n) is 3.06. The second-order valence-corrected chi connectivity index (χ2v) is 5.00. The Morgan fingerprint density at radius 2 is 2.07 bits per heavy atom. The van der Waals surface area contributed by atoms with Crippen molar-refractivity contribution < 1.29 is 0 Å². The van der Waals surface area contributed by atoms with Gasteiger partial charge in [-0.1, -0.05) is 6.92 Å². The lowest BCUT2D eigenvalue weighted by Crippen LogP contribution is -2.27. The van der Waals surface area contributed by atoms with Crippen molar-refractivity contribution in [3.8, 4) is 0 Å². The van der Waals surface area contributed by atoms with Crippen LogP contribution in [0, 0.1) is 3.57 Å². The molecule has 1 heterocycles. The Labute approximate surface area is 103 Å². The molecule has 3 nitrogen and oxygen atoms in total. The first kappa shape index (κ1) is 12.0. The maximum atomic E-state index is 6.01. The SMILES string of the molecule is CCC(Nc1ncc(I)cn1)C(C)Cl. The molecule has 14 heavy (non-hydrogen) atoms. The van der Waals surface area contributed by atoms with Crippen LogP contribution in [0.2, 0.25) is 0 Å². The van der Waals surface area contributed by atoms with Crippen LogP contribution in [0.5, 0.6) is 0 Å². The largest absolute Gasteiger partial charge is 0.350 e. The summed E-state index contributed by atoms with van der Waals surface area (Å²) in [6.07, 6.45) is 4.52. The molecule has 2 atom stereocenters. The molecule has 0 amide bonds. The number of aromatic nitrogens is 2. The molecule has 78 valence electrons. The minimum Gasteiger partial charge on any atom is -0.350 e. The molecular formula is C9H13ClIN3. The third-order valence-electron chi connectivity index (χ3n) is 1.93. The van der Waals surface area contributed by atoms with E-state index in [1.54, 1.807) is 12.4 Å². The van der Waals surface area contributed by atoms with E-state index in [1.165, 1.54) is 0 Å². The van der Waals surface area contributed by atoms with Crippen LogP contribution in [-0.4, -0.2) is 21.4 Å². The van der Waals surface area contributed by atoms with E-state index in [1.807, 2.05) is 6.92 Å². The number of rotatable bonds is 4. The Morgan fingerprint density at radius 1 is 1.50 bits per heavy atom. The van der Waals surface area contributed by atoms with Gasteiger partial charge in [0.2, 0.25) is 5.95 Å². The van der Waals surface area contributed by atoms with Crippen molar-refractivity contribution in [3.05, 3.63) is 16.0 Å². The highest BCUT2D eigenvalue weighted by molar-refractivity contribution is 14.1. The fraction of sp³-hybridized carbons (Fsp3) is 0.556. The van der Waals surface area contributed by atoms with Gasteiger partial charge in [0, 0.05) is 22.0 Å². The van der Waals surface area contributed by atoms with Crippen molar-refractivity contribution in [2.45, 2.75) is 31.7 Å². The monoisotopic (exact) mass is 325 g/mol. The van der Waals surface area contributed by atoms with Crippen LogP contribution in [-0.2, 0) is 0 Å². The minimum atomic E-state index is 0.0721. The van der Waals surface area contributed by atoms with Crippen LogP contribution < -0.4 is 5.32 Å². The van der Waals surface area contributed by atoms with Crippen LogP contribution in [0.3, 0.4) is 0 Å². The summed E-state index contributed by atoms with van der Waals surface area (Å²) in [7, 11) is 0. The van der Waals surface area contributed by atoms with Crippen LogP contribution in [0.25, 0.3) is 0 Å². The molecule has 0 aliphatic carbocycles. The number of halogens is 2. The van der Waals surface area contributed by atoms with Crippen LogP contribution in [0.15, 0.2) is 12.4 Å². The zero-order valence-corrected chi connectivity index (χ0v) is 11.1. The molecule has 0 aliphatic heterocycles. The first-order chi connectivity index (χ1) is 6.63. The molecule has 0 radical (unpaired) electrons. The zero-order chi connectivity index (χ0) is 10.6. The van der Waals surface area contributed by atoms with Crippen molar-refractivity contribution in [2.24, 2.45) is 0 Å². The molecule has 1 aromatic heterocycles. The predicted molar refractivity (Wildman–Crippen MR) is 67.8 cm³/mol. The Hall–Kier alpha value is -0.100. The average Bonchev–Trinajstić information content (AvgIpc) is 2.16. The van der Waals surface area contributed by atoms with Gasteiger partial charge < -0.3 is 5.32 Å². The summed E-state index contributed by atoms with van der Waals surface area (Å²) in [5.41, 5.74) is 0. The van der Waals surface area contributed by atoms with Gasteiger partial charge in [-0.2, -0.15) is 0 Å². The molecule has 1 rings (SSSR count). The lowest BCUT2D eigenvalue weighted by molar-refractivity contribution is 0.671. The number of anilines is 1. The third-order valence-corrected chi connectivity index (χ3v) is 2.79. The standard InChI is InChI=1S/C9H13ClIN3/c1-3-8(6(2)10)14-9-12-4-7(11)5-13-9/h4-6,8H,3H2,1-2H3,(H,12,13,14). The van der Waals surface area contributed by atoms with E-state index < -0.39 is 0 Å². The lowest BCUT2D eigenvalue weighted by atomic mass is 10.2. The van der Waals surface area contributed by atoms with Crippen molar-refractivity contribution in [3.63, 3.8) is 0 Å². The highest BCUT2D eigenvalue weighted by Crippen LogP contribution is 2.11.